The maximum absolute atomic E-state index is 12.6. The molecule has 0 saturated heterocycles. The second-order valence-electron chi connectivity index (χ2n) is 7.92. The number of rotatable bonds is 4. The van der Waals surface area contributed by atoms with E-state index in [9.17, 15) is 9.59 Å². The molecule has 0 spiro atoms. The largest absolute Gasteiger partial charge is 0.351 e. The topological polar surface area (TPSA) is 79.5 Å². The van der Waals surface area contributed by atoms with Gasteiger partial charge in [0, 0.05) is 42.2 Å². The minimum absolute atomic E-state index is 0.195. The van der Waals surface area contributed by atoms with Gasteiger partial charge in [0.05, 0.1) is 11.4 Å². The van der Waals surface area contributed by atoms with Crippen molar-refractivity contribution in [2.75, 3.05) is 23.4 Å². The summed E-state index contributed by atoms with van der Waals surface area (Å²) in [6.45, 7) is 2.58. The highest BCUT2D eigenvalue weighted by Crippen LogP contribution is 2.37. The summed E-state index contributed by atoms with van der Waals surface area (Å²) in [7, 11) is 1.68. The number of nitrogens with zero attached hydrogens (tertiary/aromatic N) is 4. The average Bonchev–Trinajstić information content (AvgIpc) is 3.33. The summed E-state index contributed by atoms with van der Waals surface area (Å²) in [5.41, 5.74) is 4.69. The van der Waals surface area contributed by atoms with Crippen LogP contribution in [0.25, 0.3) is 11.3 Å². The third-order valence-corrected chi connectivity index (χ3v) is 6.53. The van der Waals surface area contributed by atoms with Crippen LogP contribution in [-0.4, -0.2) is 35.5 Å². The fourth-order valence-corrected chi connectivity index (χ4v) is 4.60. The summed E-state index contributed by atoms with van der Waals surface area (Å²) >= 11 is 1.40. The molecule has 1 aliphatic heterocycles. The predicted octanol–water partition coefficient (Wildman–Crippen LogP) is 4.07. The van der Waals surface area contributed by atoms with Crippen LogP contribution < -0.4 is 9.80 Å². The summed E-state index contributed by atoms with van der Waals surface area (Å²) in [6.07, 6.45) is 3.97. The van der Waals surface area contributed by atoms with Crippen molar-refractivity contribution in [1.29, 1.82) is 0 Å². The molecule has 7 nitrogen and oxygen atoms in total. The van der Waals surface area contributed by atoms with Crippen LogP contribution in [0.1, 0.15) is 41.1 Å². The van der Waals surface area contributed by atoms with Crippen molar-refractivity contribution in [3.05, 3.63) is 46.7 Å². The molecule has 2 aromatic heterocycles. The van der Waals surface area contributed by atoms with Crippen LogP contribution in [-0.2, 0) is 11.2 Å². The van der Waals surface area contributed by atoms with Gasteiger partial charge in [-0.15, -0.1) is 11.3 Å². The number of aryl methyl sites for hydroxylation is 2. The van der Waals surface area contributed by atoms with E-state index in [1.165, 1.54) is 21.8 Å². The number of thiazole rings is 1. The number of hydrogen-bond acceptors (Lipinski definition) is 6. The first-order valence-electron chi connectivity index (χ1n) is 10.1. The molecule has 1 aliphatic carbocycles. The zero-order valence-electron chi connectivity index (χ0n) is 16.9. The number of carbonyl (C=O) groups is 2. The Bertz CT molecular complexity index is 1130. The molecule has 30 heavy (non-hydrogen) atoms. The van der Waals surface area contributed by atoms with E-state index in [1.54, 1.807) is 20.0 Å². The van der Waals surface area contributed by atoms with Gasteiger partial charge in [-0.2, -0.15) is 0 Å². The standard InChI is InChI=1S/C22H22N4O3S/c1-13-10-19(29-24-13)21(28)25(2)22-23-17(12-30-22)15-7-8-18-16(11-15)4-3-9-26(18)20(27)14-5-6-14/h7-8,10-12,14H,3-6,9H2,1-2H3. The minimum Gasteiger partial charge on any atom is -0.351 e. The van der Waals surface area contributed by atoms with Crippen molar-refractivity contribution in [2.45, 2.75) is 32.6 Å². The summed E-state index contributed by atoms with van der Waals surface area (Å²) < 4.78 is 5.08. The number of fused-ring (bicyclic) bond motifs is 1. The molecule has 0 unspecified atom stereocenters. The van der Waals surface area contributed by atoms with Gasteiger partial charge >= 0.3 is 0 Å². The second-order valence-corrected chi connectivity index (χ2v) is 8.76. The summed E-state index contributed by atoms with van der Waals surface area (Å²) in [6, 6.07) is 7.79. The fraction of sp³-hybridized carbons (Fsp3) is 0.364. The van der Waals surface area contributed by atoms with Crippen LogP contribution in [0.5, 0.6) is 0 Å². The van der Waals surface area contributed by atoms with E-state index in [4.69, 9.17) is 4.52 Å². The third kappa shape index (κ3) is 3.41. The van der Waals surface area contributed by atoms with Crippen molar-refractivity contribution in [3.8, 4) is 11.3 Å². The van der Waals surface area contributed by atoms with Gasteiger partial charge in [0.15, 0.2) is 5.13 Å². The van der Waals surface area contributed by atoms with Crippen molar-refractivity contribution in [1.82, 2.24) is 10.1 Å². The molecular formula is C22H22N4O3S. The second kappa shape index (κ2) is 7.36. The zero-order valence-corrected chi connectivity index (χ0v) is 17.7. The molecule has 3 heterocycles. The number of hydrogen-bond donors (Lipinski definition) is 0. The van der Waals surface area contributed by atoms with Crippen molar-refractivity contribution in [3.63, 3.8) is 0 Å². The number of benzene rings is 1. The Morgan fingerprint density at radius 1 is 1.27 bits per heavy atom. The predicted molar refractivity (Wildman–Crippen MR) is 115 cm³/mol. The molecule has 2 amide bonds. The van der Waals surface area contributed by atoms with Crippen LogP contribution in [0.4, 0.5) is 10.8 Å². The normalized spacial score (nSPS) is 15.7. The van der Waals surface area contributed by atoms with Crippen molar-refractivity contribution in [2.24, 2.45) is 5.92 Å². The van der Waals surface area contributed by atoms with Crippen molar-refractivity contribution >= 4 is 34.0 Å². The lowest BCUT2D eigenvalue weighted by Gasteiger charge is -2.30. The lowest BCUT2D eigenvalue weighted by atomic mass is 9.98. The molecule has 0 bridgehead atoms. The van der Waals surface area contributed by atoms with E-state index in [0.29, 0.717) is 10.8 Å². The Kier molecular flexibility index (Phi) is 4.66. The highest BCUT2D eigenvalue weighted by atomic mass is 32.1. The van der Waals surface area contributed by atoms with Gasteiger partial charge in [-0.05, 0) is 50.3 Å². The van der Waals surface area contributed by atoms with E-state index in [-0.39, 0.29) is 23.5 Å². The number of anilines is 2. The quantitative estimate of drug-likeness (QED) is 0.633. The van der Waals surface area contributed by atoms with E-state index in [1.807, 2.05) is 22.4 Å². The number of amides is 2. The molecule has 5 rings (SSSR count). The Morgan fingerprint density at radius 3 is 2.83 bits per heavy atom. The molecule has 0 radical (unpaired) electrons. The maximum atomic E-state index is 12.6. The van der Waals surface area contributed by atoms with Gasteiger partial charge in [0.1, 0.15) is 0 Å². The first-order chi connectivity index (χ1) is 14.5. The van der Waals surface area contributed by atoms with E-state index >= 15 is 0 Å². The third-order valence-electron chi connectivity index (χ3n) is 5.61. The van der Waals surface area contributed by atoms with E-state index in [2.05, 4.69) is 16.2 Å². The van der Waals surface area contributed by atoms with Crippen molar-refractivity contribution < 1.29 is 14.1 Å². The average molecular weight is 423 g/mol. The Morgan fingerprint density at radius 2 is 2.10 bits per heavy atom. The molecule has 0 atom stereocenters. The van der Waals surface area contributed by atoms with Gasteiger partial charge in [0.25, 0.3) is 5.91 Å². The molecule has 1 fully saturated rings. The SMILES string of the molecule is Cc1cc(C(=O)N(C)c2nc(-c3ccc4c(c3)CCCN4C(=O)C3CC3)cs2)on1. The Hall–Kier alpha value is -3.00. The Balaban J connectivity index is 1.38. The molecule has 8 heteroatoms. The summed E-state index contributed by atoms with van der Waals surface area (Å²) in [5, 5.41) is 6.31. The molecular weight excluding hydrogens is 400 g/mol. The lowest BCUT2D eigenvalue weighted by molar-refractivity contribution is -0.119. The van der Waals surface area contributed by atoms with Crippen LogP contribution >= 0.6 is 11.3 Å². The van der Waals surface area contributed by atoms with Gasteiger partial charge in [-0.3, -0.25) is 14.5 Å². The minimum atomic E-state index is -0.281. The molecule has 154 valence electrons. The highest BCUT2D eigenvalue weighted by molar-refractivity contribution is 7.14. The van der Waals surface area contributed by atoms with E-state index < -0.39 is 0 Å². The lowest BCUT2D eigenvalue weighted by Crippen LogP contribution is -2.36. The first kappa shape index (κ1) is 19.0. The van der Waals surface area contributed by atoms with E-state index in [0.717, 1.165) is 49.2 Å². The zero-order chi connectivity index (χ0) is 20.8. The number of carbonyl (C=O) groups excluding carboxylic acids is 2. The molecule has 0 N–H and O–H groups in total. The molecule has 3 aromatic rings. The Labute approximate surface area is 178 Å². The molecule has 1 saturated carbocycles. The van der Waals surface area contributed by atoms with Crippen LogP contribution in [0.2, 0.25) is 0 Å². The summed E-state index contributed by atoms with van der Waals surface area (Å²) in [5.74, 6) is 0.400. The van der Waals surface area contributed by atoms with Gasteiger partial charge in [-0.1, -0.05) is 11.2 Å². The summed E-state index contributed by atoms with van der Waals surface area (Å²) in [4.78, 5) is 33.3. The van der Waals surface area contributed by atoms with Crippen LogP contribution in [0.15, 0.2) is 34.2 Å². The monoisotopic (exact) mass is 422 g/mol. The van der Waals surface area contributed by atoms with Crippen LogP contribution in [0, 0.1) is 12.8 Å². The molecule has 2 aliphatic rings. The van der Waals surface area contributed by atoms with Gasteiger partial charge in [0.2, 0.25) is 11.7 Å². The fourth-order valence-electron chi connectivity index (χ4n) is 3.80. The first-order valence-corrected chi connectivity index (χ1v) is 11.0. The van der Waals surface area contributed by atoms with Crippen LogP contribution in [0.3, 0.4) is 0 Å². The highest BCUT2D eigenvalue weighted by Gasteiger charge is 2.35. The molecule has 1 aromatic carbocycles. The smallest absolute Gasteiger partial charge is 0.298 e. The van der Waals surface area contributed by atoms with Gasteiger partial charge in [-0.25, -0.2) is 4.98 Å². The van der Waals surface area contributed by atoms with Gasteiger partial charge < -0.3 is 9.42 Å². The number of aromatic nitrogens is 2. The maximum Gasteiger partial charge on any atom is 0.298 e.